The first-order valence-electron chi connectivity index (χ1n) is 7.75. The first kappa shape index (κ1) is 16.7. The lowest BCUT2D eigenvalue weighted by Crippen LogP contribution is -1.95. The average molecular weight is 282 g/mol. The van der Waals surface area contributed by atoms with Crippen LogP contribution in [0.4, 0.5) is 0 Å². The highest BCUT2D eigenvalue weighted by Gasteiger charge is 2.06. The monoisotopic (exact) mass is 282 g/mol. The van der Waals surface area contributed by atoms with Crippen molar-refractivity contribution >= 4 is 5.97 Å². The summed E-state index contributed by atoms with van der Waals surface area (Å²) in [7, 11) is 0. The van der Waals surface area contributed by atoms with Crippen molar-refractivity contribution in [2.24, 2.45) is 0 Å². The molecule has 5 heteroatoms. The van der Waals surface area contributed by atoms with Crippen molar-refractivity contribution in [1.29, 1.82) is 0 Å². The van der Waals surface area contributed by atoms with Gasteiger partial charge in [0.1, 0.15) is 0 Å². The molecule has 0 unspecified atom stereocenters. The Bertz CT molecular complexity index is 377. The predicted molar refractivity (Wildman–Crippen MR) is 76.6 cm³/mol. The van der Waals surface area contributed by atoms with Gasteiger partial charge in [-0.2, -0.15) is 0 Å². The largest absolute Gasteiger partial charge is 0.481 e. The minimum atomic E-state index is -0.751. The van der Waals surface area contributed by atoms with E-state index in [1.165, 1.54) is 32.1 Å². The SMILES string of the molecule is CCCCCCCCc1nnc(CCCCC(=O)O)o1. The first-order valence-corrected chi connectivity index (χ1v) is 7.75. The number of unbranched alkanes of at least 4 members (excludes halogenated alkanes) is 6. The number of hydrogen-bond acceptors (Lipinski definition) is 4. The Morgan fingerprint density at radius 1 is 0.950 bits per heavy atom. The molecule has 0 bridgehead atoms. The maximum atomic E-state index is 10.4. The van der Waals surface area contributed by atoms with Crippen molar-refractivity contribution in [3.8, 4) is 0 Å². The maximum absolute atomic E-state index is 10.4. The van der Waals surface area contributed by atoms with E-state index in [2.05, 4.69) is 17.1 Å². The second-order valence-corrected chi connectivity index (χ2v) is 5.21. The fraction of sp³-hybridized carbons (Fsp3) is 0.800. The van der Waals surface area contributed by atoms with Crippen LogP contribution in [0.3, 0.4) is 0 Å². The summed E-state index contributed by atoms with van der Waals surface area (Å²) in [4.78, 5) is 10.4. The van der Waals surface area contributed by atoms with Gasteiger partial charge in [0, 0.05) is 19.3 Å². The predicted octanol–water partition coefficient (Wildman–Crippen LogP) is 3.77. The molecule has 0 spiro atoms. The normalized spacial score (nSPS) is 10.8. The molecule has 0 aromatic carbocycles. The van der Waals surface area contributed by atoms with E-state index in [9.17, 15) is 4.79 Å². The van der Waals surface area contributed by atoms with E-state index in [1.54, 1.807) is 0 Å². The number of carbonyl (C=O) groups is 1. The lowest BCUT2D eigenvalue weighted by Gasteiger charge is -1.98. The zero-order valence-electron chi connectivity index (χ0n) is 12.4. The van der Waals surface area contributed by atoms with Gasteiger partial charge < -0.3 is 9.52 Å². The quantitative estimate of drug-likeness (QED) is 0.590. The summed E-state index contributed by atoms with van der Waals surface area (Å²) in [6.45, 7) is 2.22. The van der Waals surface area contributed by atoms with E-state index < -0.39 is 5.97 Å². The van der Waals surface area contributed by atoms with Gasteiger partial charge in [-0.15, -0.1) is 10.2 Å². The average Bonchev–Trinajstić information content (AvgIpc) is 2.86. The highest BCUT2D eigenvalue weighted by atomic mass is 16.4. The standard InChI is InChI=1S/C15H26N2O3/c1-2-3-4-5-6-7-10-13-16-17-14(20-13)11-8-9-12-15(18)19/h2-12H2,1H3,(H,18,19). The number of carboxylic acid groups (broad SMARTS) is 1. The fourth-order valence-electron chi connectivity index (χ4n) is 2.10. The van der Waals surface area contributed by atoms with Crippen molar-refractivity contribution in [2.75, 3.05) is 0 Å². The molecule has 114 valence electrons. The van der Waals surface area contributed by atoms with Crippen molar-refractivity contribution in [2.45, 2.75) is 77.6 Å². The molecule has 0 fully saturated rings. The molecule has 0 radical (unpaired) electrons. The Labute approximate surface area is 120 Å². The van der Waals surface area contributed by atoms with Crippen molar-refractivity contribution in [3.63, 3.8) is 0 Å². The number of nitrogens with zero attached hydrogens (tertiary/aromatic N) is 2. The van der Waals surface area contributed by atoms with E-state index in [0.29, 0.717) is 24.6 Å². The van der Waals surface area contributed by atoms with Gasteiger partial charge >= 0.3 is 5.97 Å². The van der Waals surface area contributed by atoms with E-state index in [4.69, 9.17) is 9.52 Å². The van der Waals surface area contributed by atoms with Crippen LogP contribution in [-0.2, 0) is 17.6 Å². The molecular weight excluding hydrogens is 256 g/mol. The van der Waals surface area contributed by atoms with Crippen molar-refractivity contribution in [3.05, 3.63) is 11.8 Å². The Balaban J connectivity index is 2.08. The van der Waals surface area contributed by atoms with Crippen LogP contribution in [-0.4, -0.2) is 21.3 Å². The third-order valence-corrected chi connectivity index (χ3v) is 3.28. The van der Waals surface area contributed by atoms with Gasteiger partial charge in [-0.05, 0) is 19.3 Å². The lowest BCUT2D eigenvalue weighted by atomic mass is 10.1. The molecule has 1 aromatic rings. The number of carboxylic acids is 1. The first-order chi connectivity index (χ1) is 9.72. The van der Waals surface area contributed by atoms with Crippen molar-refractivity contribution in [1.82, 2.24) is 10.2 Å². The summed E-state index contributed by atoms with van der Waals surface area (Å²) < 4.78 is 5.55. The molecular formula is C15H26N2O3. The number of rotatable bonds is 12. The molecule has 0 amide bonds. The van der Waals surface area contributed by atoms with Gasteiger partial charge in [-0.1, -0.05) is 39.0 Å². The van der Waals surface area contributed by atoms with E-state index in [-0.39, 0.29) is 6.42 Å². The highest BCUT2D eigenvalue weighted by Crippen LogP contribution is 2.11. The van der Waals surface area contributed by atoms with Gasteiger partial charge in [-0.3, -0.25) is 4.79 Å². The molecule has 0 atom stereocenters. The van der Waals surface area contributed by atoms with Crippen LogP contribution in [0.5, 0.6) is 0 Å². The van der Waals surface area contributed by atoms with Crippen LogP contribution in [0, 0.1) is 0 Å². The molecule has 0 saturated carbocycles. The second kappa shape index (κ2) is 10.4. The molecule has 1 N–H and O–H groups in total. The molecule has 1 aromatic heterocycles. The highest BCUT2D eigenvalue weighted by molar-refractivity contribution is 5.66. The Kier molecular flexibility index (Phi) is 8.67. The second-order valence-electron chi connectivity index (χ2n) is 5.21. The number of hydrogen-bond donors (Lipinski definition) is 1. The molecule has 0 aliphatic rings. The number of aryl methyl sites for hydroxylation is 2. The Hall–Kier alpha value is -1.39. The molecule has 1 heterocycles. The summed E-state index contributed by atoms with van der Waals surface area (Å²) in [5.41, 5.74) is 0. The number of aliphatic carboxylic acids is 1. The van der Waals surface area contributed by atoms with E-state index in [1.807, 2.05) is 0 Å². The van der Waals surface area contributed by atoms with E-state index in [0.717, 1.165) is 19.3 Å². The molecule has 0 aliphatic heterocycles. The summed E-state index contributed by atoms with van der Waals surface area (Å²) in [5, 5.41) is 16.6. The smallest absolute Gasteiger partial charge is 0.303 e. The van der Waals surface area contributed by atoms with Gasteiger partial charge in [0.05, 0.1) is 0 Å². The van der Waals surface area contributed by atoms with Gasteiger partial charge in [0.25, 0.3) is 0 Å². The topological polar surface area (TPSA) is 76.2 Å². The molecule has 1 rings (SSSR count). The van der Waals surface area contributed by atoms with Crippen LogP contribution < -0.4 is 0 Å². The molecule has 0 saturated heterocycles. The van der Waals surface area contributed by atoms with Crippen LogP contribution in [0.15, 0.2) is 4.42 Å². The fourth-order valence-corrected chi connectivity index (χ4v) is 2.10. The van der Waals surface area contributed by atoms with Crippen LogP contribution in [0.1, 0.15) is 76.5 Å². The summed E-state index contributed by atoms with van der Waals surface area (Å²) in [5.74, 6) is 0.601. The zero-order valence-corrected chi connectivity index (χ0v) is 12.4. The minimum absolute atomic E-state index is 0.207. The Morgan fingerprint density at radius 2 is 1.50 bits per heavy atom. The van der Waals surface area contributed by atoms with Gasteiger partial charge in [0.2, 0.25) is 11.8 Å². The minimum Gasteiger partial charge on any atom is -0.481 e. The van der Waals surface area contributed by atoms with Crippen LogP contribution in [0.2, 0.25) is 0 Å². The lowest BCUT2D eigenvalue weighted by molar-refractivity contribution is -0.137. The molecule has 20 heavy (non-hydrogen) atoms. The van der Waals surface area contributed by atoms with Gasteiger partial charge in [0.15, 0.2) is 0 Å². The molecule has 5 nitrogen and oxygen atoms in total. The van der Waals surface area contributed by atoms with Crippen molar-refractivity contribution < 1.29 is 14.3 Å². The summed E-state index contributed by atoms with van der Waals surface area (Å²) >= 11 is 0. The Morgan fingerprint density at radius 3 is 2.10 bits per heavy atom. The summed E-state index contributed by atoms with van der Waals surface area (Å²) in [6, 6.07) is 0. The number of aromatic nitrogens is 2. The molecule has 0 aliphatic carbocycles. The summed E-state index contributed by atoms with van der Waals surface area (Å²) in [6.07, 6.45) is 10.7. The van der Waals surface area contributed by atoms with E-state index >= 15 is 0 Å². The van der Waals surface area contributed by atoms with Gasteiger partial charge in [-0.25, -0.2) is 0 Å². The third-order valence-electron chi connectivity index (χ3n) is 3.28. The van der Waals surface area contributed by atoms with Crippen LogP contribution in [0.25, 0.3) is 0 Å². The zero-order chi connectivity index (χ0) is 14.6. The third kappa shape index (κ3) is 7.92. The van der Waals surface area contributed by atoms with Crippen LogP contribution >= 0.6 is 0 Å². The maximum Gasteiger partial charge on any atom is 0.303 e.